The average molecular weight is 422 g/mol. The number of nitrogens with zero attached hydrogens (tertiary/aromatic N) is 3. The Bertz CT molecular complexity index is 1120. The van der Waals surface area contributed by atoms with Gasteiger partial charge in [-0.05, 0) is 6.07 Å². The van der Waals surface area contributed by atoms with E-state index in [9.17, 15) is 33.1 Å². The van der Waals surface area contributed by atoms with E-state index in [4.69, 9.17) is 5.11 Å². The first-order valence-corrected chi connectivity index (χ1v) is 8.53. The minimum Gasteiger partial charge on any atom is -0.503 e. The van der Waals surface area contributed by atoms with Gasteiger partial charge < -0.3 is 20.1 Å². The van der Waals surface area contributed by atoms with E-state index in [1.807, 2.05) is 0 Å². The summed E-state index contributed by atoms with van der Waals surface area (Å²) in [5.41, 5.74) is -2.08. The zero-order valence-corrected chi connectivity index (χ0v) is 15.6. The van der Waals surface area contributed by atoms with Gasteiger partial charge in [0.25, 0.3) is 11.8 Å². The first-order valence-electron chi connectivity index (χ1n) is 8.53. The van der Waals surface area contributed by atoms with Crippen molar-refractivity contribution in [1.82, 2.24) is 19.9 Å². The maximum absolute atomic E-state index is 13.7. The lowest BCUT2D eigenvalue weighted by atomic mass is 10.1. The normalized spacial score (nSPS) is 13.8. The quantitative estimate of drug-likeness (QED) is 0.623. The van der Waals surface area contributed by atoms with Gasteiger partial charge in [-0.1, -0.05) is 6.07 Å². The molecule has 1 aliphatic rings. The van der Waals surface area contributed by atoms with Crippen LogP contribution in [-0.2, 0) is 18.0 Å². The number of halogens is 2. The van der Waals surface area contributed by atoms with Gasteiger partial charge in [0.15, 0.2) is 11.4 Å². The number of fused-ring (bicyclic) bond motifs is 1. The predicted octanol–water partition coefficient (Wildman–Crippen LogP) is 0.107. The first kappa shape index (κ1) is 20.9. The van der Waals surface area contributed by atoms with Crippen molar-refractivity contribution in [1.29, 1.82) is 0 Å². The molecule has 2 amide bonds. The summed E-state index contributed by atoms with van der Waals surface area (Å²) in [6.07, 6.45) is 1.01. The van der Waals surface area contributed by atoms with Crippen molar-refractivity contribution in [2.24, 2.45) is 0 Å². The molecule has 30 heavy (non-hydrogen) atoms. The van der Waals surface area contributed by atoms with Crippen molar-refractivity contribution in [3.05, 3.63) is 63.1 Å². The lowest BCUT2D eigenvalue weighted by molar-refractivity contribution is -0.143. The fraction of sp³-hybridized carbons (Fsp3) is 0.222. The molecule has 1 aromatic carbocycles. The largest absolute Gasteiger partial charge is 0.503 e. The Morgan fingerprint density at radius 1 is 1.23 bits per heavy atom. The number of aromatic nitrogens is 1. The molecule has 0 saturated carbocycles. The minimum atomic E-state index is -1.22. The number of amides is 2. The van der Waals surface area contributed by atoms with E-state index < -0.39 is 58.4 Å². The predicted molar refractivity (Wildman–Crippen MR) is 96.3 cm³/mol. The molecule has 10 nitrogen and oxygen atoms in total. The third kappa shape index (κ3) is 3.85. The second-order valence-corrected chi connectivity index (χ2v) is 6.49. The second kappa shape index (κ2) is 7.91. The molecule has 158 valence electrons. The van der Waals surface area contributed by atoms with Gasteiger partial charge in [-0.2, -0.15) is 5.01 Å². The van der Waals surface area contributed by atoms with Crippen LogP contribution in [0.3, 0.4) is 0 Å². The Labute approximate surface area is 167 Å². The van der Waals surface area contributed by atoms with Crippen LogP contribution in [0.1, 0.15) is 26.4 Å². The zero-order valence-electron chi connectivity index (χ0n) is 15.6. The number of hydrogen-bond donors (Lipinski definition) is 3. The summed E-state index contributed by atoms with van der Waals surface area (Å²) in [6, 6.07) is 2.77. The highest BCUT2D eigenvalue weighted by atomic mass is 19.1. The molecule has 0 fully saturated rings. The van der Waals surface area contributed by atoms with Crippen molar-refractivity contribution < 1.29 is 33.4 Å². The number of aromatic hydroxyl groups is 1. The Balaban J connectivity index is 1.90. The number of carbonyl (C=O) groups is 3. The number of benzene rings is 1. The van der Waals surface area contributed by atoms with Crippen LogP contribution in [0.5, 0.6) is 5.75 Å². The SMILES string of the molecule is CN1C(=O)c2c(O)c(=O)c(C(=O)NCc3ccc(F)cc3F)cn2CN1CC(=O)O. The van der Waals surface area contributed by atoms with E-state index in [1.165, 1.54) is 7.05 Å². The molecule has 2 aromatic rings. The van der Waals surface area contributed by atoms with Crippen molar-refractivity contribution >= 4 is 17.8 Å². The lowest BCUT2D eigenvalue weighted by Crippen LogP contribution is -2.52. The molecule has 0 unspecified atom stereocenters. The number of carbonyl (C=O) groups excluding carboxylic acids is 2. The summed E-state index contributed by atoms with van der Waals surface area (Å²) in [6.45, 7) is -1.13. The summed E-state index contributed by atoms with van der Waals surface area (Å²) in [5.74, 6) is -5.67. The number of hydrogen-bond acceptors (Lipinski definition) is 6. The van der Waals surface area contributed by atoms with Crippen LogP contribution in [0.2, 0.25) is 0 Å². The fourth-order valence-corrected chi connectivity index (χ4v) is 2.95. The lowest BCUT2D eigenvalue weighted by Gasteiger charge is -2.36. The van der Waals surface area contributed by atoms with E-state index in [-0.39, 0.29) is 18.8 Å². The molecule has 2 heterocycles. The fourth-order valence-electron chi connectivity index (χ4n) is 2.95. The Kier molecular flexibility index (Phi) is 5.52. The average Bonchev–Trinajstić information content (AvgIpc) is 2.67. The van der Waals surface area contributed by atoms with Gasteiger partial charge in [0.05, 0.1) is 6.67 Å². The number of rotatable bonds is 5. The van der Waals surface area contributed by atoms with Crippen LogP contribution in [0.15, 0.2) is 29.2 Å². The Hall–Kier alpha value is -3.80. The summed E-state index contributed by atoms with van der Waals surface area (Å²) >= 11 is 0. The second-order valence-electron chi connectivity index (χ2n) is 6.49. The first-order chi connectivity index (χ1) is 14.1. The van der Waals surface area contributed by atoms with E-state index >= 15 is 0 Å². The molecule has 12 heteroatoms. The van der Waals surface area contributed by atoms with Gasteiger partial charge in [-0.25, -0.2) is 8.78 Å². The molecule has 0 atom stereocenters. The van der Waals surface area contributed by atoms with E-state index in [1.54, 1.807) is 0 Å². The van der Waals surface area contributed by atoms with Gasteiger partial charge >= 0.3 is 5.97 Å². The van der Waals surface area contributed by atoms with Crippen LogP contribution in [-0.4, -0.2) is 56.2 Å². The third-order valence-corrected chi connectivity index (χ3v) is 4.51. The van der Waals surface area contributed by atoms with Crippen molar-refractivity contribution in [2.45, 2.75) is 13.2 Å². The Morgan fingerprint density at radius 2 is 1.93 bits per heavy atom. The van der Waals surface area contributed by atoms with Crippen LogP contribution in [0.25, 0.3) is 0 Å². The molecular formula is C18H16F2N4O6. The van der Waals surface area contributed by atoms with Gasteiger partial charge in [0.2, 0.25) is 5.43 Å². The highest BCUT2D eigenvalue weighted by Crippen LogP contribution is 2.22. The monoisotopic (exact) mass is 422 g/mol. The molecule has 0 aliphatic carbocycles. The van der Waals surface area contributed by atoms with E-state index in [0.717, 1.165) is 32.9 Å². The molecule has 1 aliphatic heterocycles. The van der Waals surface area contributed by atoms with Crippen LogP contribution in [0.4, 0.5) is 8.78 Å². The van der Waals surface area contributed by atoms with Gasteiger partial charge in [-0.3, -0.25) is 24.2 Å². The Morgan fingerprint density at radius 3 is 2.57 bits per heavy atom. The number of carboxylic acids is 1. The van der Waals surface area contributed by atoms with Crippen LogP contribution < -0.4 is 10.7 Å². The summed E-state index contributed by atoms with van der Waals surface area (Å²) in [4.78, 5) is 48.2. The maximum Gasteiger partial charge on any atom is 0.319 e. The molecule has 1 aromatic heterocycles. The maximum atomic E-state index is 13.7. The summed E-state index contributed by atoms with van der Waals surface area (Å²) < 4.78 is 27.8. The van der Waals surface area contributed by atoms with Crippen molar-refractivity contribution in [3.63, 3.8) is 0 Å². The van der Waals surface area contributed by atoms with Crippen molar-refractivity contribution in [2.75, 3.05) is 13.6 Å². The number of carboxylic acid groups (broad SMARTS) is 1. The third-order valence-electron chi connectivity index (χ3n) is 4.51. The van der Waals surface area contributed by atoms with Crippen LogP contribution >= 0.6 is 0 Å². The number of aliphatic carboxylic acids is 1. The topological polar surface area (TPSA) is 132 Å². The molecule has 0 radical (unpaired) electrons. The molecule has 3 N–H and O–H groups in total. The van der Waals surface area contributed by atoms with Gasteiger partial charge in [0, 0.05) is 31.4 Å². The molecule has 0 saturated heterocycles. The summed E-state index contributed by atoms with van der Waals surface area (Å²) in [7, 11) is 1.27. The number of nitrogens with one attached hydrogen (secondary N) is 1. The zero-order chi connectivity index (χ0) is 22.2. The highest BCUT2D eigenvalue weighted by molar-refractivity contribution is 5.98. The highest BCUT2D eigenvalue weighted by Gasteiger charge is 2.33. The number of pyridine rings is 1. The molecular weight excluding hydrogens is 406 g/mol. The molecule has 3 rings (SSSR count). The molecule has 0 spiro atoms. The standard InChI is InChI=1S/C18H16F2N4O6/c1-22-18(30)14-16(28)15(27)11(6-23(14)8-24(22)7-13(25)26)17(29)21-5-9-2-3-10(19)4-12(9)20/h2-4,6,28H,5,7-8H2,1H3,(H,21,29)(H,25,26). The van der Waals surface area contributed by atoms with E-state index in [2.05, 4.69) is 5.32 Å². The smallest absolute Gasteiger partial charge is 0.319 e. The van der Waals surface area contributed by atoms with Crippen molar-refractivity contribution in [3.8, 4) is 5.75 Å². The van der Waals surface area contributed by atoms with Crippen LogP contribution in [0, 0.1) is 11.6 Å². The molecule has 0 bridgehead atoms. The number of hydrazine groups is 1. The summed E-state index contributed by atoms with van der Waals surface area (Å²) in [5, 5.41) is 23.5. The van der Waals surface area contributed by atoms with Gasteiger partial charge in [-0.15, -0.1) is 0 Å². The van der Waals surface area contributed by atoms with E-state index in [0.29, 0.717) is 6.07 Å². The minimum absolute atomic E-state index is 0.0310. The van der Waals surface area contributed by atoms with Gasteiger partial charge in [0.1, 0.15) is 23.7 Å².